The van der Waals surface area contributed by atoms with Crippen molar-refractivity contribution >= 4 is 38.3 Å². The summed E-state index contributed by atoms with van der Waals surface area (Å²) in [7, 11) is 3.86. The van der Waals surface area contributed by atoms with Crippen molar-refractivity contribution in [3.8, 4) is 11.1 Å². The molecule has 0 saturated heterocycles. The summed E-state index contributed by atoms with van der Waals surface area (Å²) < 4.78 is 20.0. The van der Waals surface area contributed by atoms with Gasteiger partial charge in [-0.25, -0.2) is 4.39 Å². The molecule has 1 aliphatic rings. The Bertz CT molecular complexity index is 1410. The standard InChI is InChI=1S/C22H20FN3O2S/c1-11-4-7-13(17(8-11)25(2)3)14-10-18-15(9-16(14)23)20(27)19-21(28)24-29-22(19)26(18)12-5-6-12/h4,7-10,12H,5-6H2,1-3H3,(H,24,28). The van der Waals surface area contributed by atoms with Crippen molar-refractivity contribution in [1.29, 1.82) is 0 Å². The van der Waals surface area contributed by atoms with E-state index in [0.29, 0.717) is 15.9 Å². The van der Waals surface area contributed by atoms with Crippen LogP contribution < -0.4 is 15.9 Å². The number of fused-ring (bicyclic) bond motifs is 2. The molecule has 0 unspecified atom stereocenters. The number of aromatic nitrogens is 2. The van der Waals surface area contributed by atoms with Crippen LogP contribution in [0.25, 0.3) is 32.2 Å². The first-order valence-electron chi connectivity index (χ1n) is 9.54. The lowest BCUT2D eigenvalue weighted by Crippen LogP contribution is -2.15. The molecule has 5 rings (SSSR count). The Morgan fingerprint density at radius 1 is 1.14 bits per heavy atom. The molecule has 2 aromatic carbocycles. The van der Waals surface area contributed by atoms with Gasteiger partial charge in [-0.3, -0.25) is 14.0 Å². The van der Waals surface area contributed by atoms with Gasteiger partial charge in [0.2, 0.25) is 5.43 Å². The van der Waals surface area contributed by atoms with Crippen LogP contribution in [0.2, 0.25) is 0 Å². The topological polar surface area (TPSA) is 58.1 Å². The fourth-order valence-corrected chi connectivity index (χ4v) is 4.92. The van der Waals surface area contributed by atoms with Crippen LogP contribution in [0.5, 0.6) is 0 Å². The molecule has 1 N–H and O–H groups in total. The van der Waals surface area contributed by atoms with Crippen molar-refractivity contribution < 1.29 is 4.39 Å². The number of rotatable bonds is 3. The van der Waals surface area contributed by atoms with Gasteiger partial charge in [-0.05, 0) is 55.1 Å². The summed E-state index contributed by atoms with van der Waals surface area (Å²) in [5.41, 5.74) is 3.11. The van der Waals surface area contributed by atoms with Crippen molar-refractivity contribution in [2.75, 3.05) is 19.0 Å². The van der Waals surface area contributed by atoms with Gasteiger partial charge in [-0.2, -0.15) is 0 Å². The Hall–Kier alpha value is -2.93. The van der Waals surface area contributed by atoms with E-state index in [0.717, 1.165) is 29.7 Å². The zero-order valence-corrected chi connectivity index (χ0v) is 17.2. The number of hydrogen-bond donors (Lipinski definition) is 1. The molecule has 29 heavy (non-hydrogen) atoms. The monoisotopic (exact) mass is 409 g/mol. The van der Waals surface area contributed by atoms with E-state index in [2.05, 4.69) is 4.37 Å². The number of nitrogens with zero attached hydrogens (tertiary/aromatic N) is 2. The summed E-state index contributed by atoms with van der Waals surface area (Å²) in [4.78, 5) is 27.8. The molecule has 1 saturated carbocycles. The van der Waals surface area contributed by atoms with E-state index in [1.54, 1.807) is 6.07 Å². The number of H-pyrrole nitrogens is 1. The van der Waals surface area contributed by atoms with Gasteiger partial charge in [0.15, 0.2) is 0 Å². The van der Waals surface area contributed by atoms with Crippen molar-refractivity contribution in [2.45, 2.75) is 25.8 Å². The van der Waals surface area contributed by atoms with Crippen molar-refractivity contribution in [2.24, 2.45) is 0 Å². The molecule has 2 aromatic heterocycles. The molecular formula is C22H20FN3O2S. The molecule has 1 fully saturated rings. The third-order valence-corrected chi connectivity index (χ3v) is 6.44. The first-order chi connectivity index (χ1) is 13.9. The average Bonchev–Trinajstić information content (AvgIpc) is 3.44. The number of nitrogens with one attached hydrogen (secondary N) is 1. The summed E-state index contributed by atoms with van der Waals surface area (Å²) in [6.45, 7) is 2.00. The second-order valence-electron chi connectivity index (χ2n) is 7.91. The average molecular weight is 409 g/mol. The van der Waals surface area contributed by atoms with E-state index in [-0.39, 0.29) is 16.8 Å². The maximum atomic E-state index is 15.3. The molecular weight excluding hydrogens is 389 g/mol. The maximum absolute atomic E-state index is 15.3. The van der Waals surface area contributed by atoms with Crippen molar-refractivity contribution in [3.63, 3.8) is 0 Å². The maximum Gasteiger partial charge on any atom is 0.271 e. The molecule has 1 aliphatic carbocycles. The second kappa shape index (κ2) is 6.29. The molecule has 0 amide bonds. The molecule has 7 heteroatoms. The highest BCUT2D eigenvalue weighted by atomic mass is 32.1. The molecule has 0 spiro atoms. The van der Waals surface area contributed by atoms with E-state index >= 15 is 4.39 Å². The molecule has 0 aliphatic heterocycles. The predicted octanol–water partition coefficient (Wildman–Crippen LogP) is 4.42. The predicted molar refractivity (Wildman–Crippen MR) is 117 cm³/mol. The number of pyridine rings is 1. The Morgan fingerprint density at radius 2 is 1.90 bits per heavy atom. The van der Waals surface area contributed by atoms with E-state index in [4.69, 9.17) is 0 Å². The number of aromatic amines is 1. The number of benzene rings is 2. The number of aryl methyl sites for hydroxylation is 1. The summed E-state index contributed by atoms with van der Waals surface area (Å²) in [6, 6.07) is 9.20. The third-order valence-electron chi connectivity index (χ3n) is 5.55. The smallest absolute Gasteiger partial charge is 0.271 e. The lowest BCUT2D eigenvalue weighted by atomic mass is 9.98. The minimum absolute atomic E-state index is 0.130. The normalized spacial score (nSPS) is 14.1. The fourth-order valence-electron chi connectivity index (χ4n) is 3.99. The quantitative estimate of drug-likeness (QED) is 0.545. The first-order valence-corrected chi connectivity index (χ1v) is 10.4. The van der Waals surface area contributed by atoms with Crippen LogP contribution in [-0.4, -0.2) is 23.0 Å². The zero-order valence-electron chi connectivity index (χ0n) is 16.4. The molecule has 0 bridgehead atoms. The molecule has 148 valence electrons. The largest absolute Gasteiger partial charge is 0.377 e. The SMILES string of the molecule is Cc1ccc(-c2cc3c(cc2F)c(=O)c2c(=O)[nH]sc2n3C2CC2)c(N(C)C)c1. The highest BCUT2D eigenvalue weighted by Crippen LogP contribution is 2.41. The van der Waals surface area contributed by atoms with Gasteiger partial charge in [0.05, 0.1) is 5.52 Å². The third kappa shape index (κ3) is 2.72. The Morgan fingerprint density at radius 3 is 2.59 bits per heavy atom. The molecule has 0 radical (unpaired) electrons. The molecule has 4 aromatic rings. The minimum atomic E-state index is -0.463. The molecule has 0 atom stereocenters. The first kappa shape index (κ1) is 18.1. The van der Waals surface area contributed by atoms with Gasteiger partial charge >= 0.3 is 0 Å². The van der Waals surface area contributed by atoms with Gasteiger partial charge in [-0.1, -0.05) is 12.1 Å². The minimum Gasteiger partial charge on any atom is -0.377 e. The van der Waals surface area contributed by atoms with E-state index in [1.165, 1.54) is 17.6 Å². The summed E-state index contributed by atoms with van der Waals surface area (Å²) in [6.07, 6.45) is 1.97. The Balaban J connectivity index is 1.91. The Labute approximate surface area is 170 Å². The van der Waals surface area contributed by atoms with Gasteiger partial charge < -0.3 is 9.47 Å². The van der Waals surface area contributed by atoms with Crippen molar-refractivity contribution in [1.82, 2.24) is 8.94 Å². The van der Waals surface area contributed by atoms with E-state index in [9.17, 15) is 9.59 Å². The zero-order chi connectivity index (χ0) is 20.4. The van der Waals surface area contributed by atoms with E-state index < -0.39 is 16.8 Å². The van der Waals surface area contributed by atoms with Gasteiger partial charge in [-0.15, -0.1) is 0 Å². The molecule has 2 heterocycles. The summed E-state index contributed by atoms with van der Waals surface area (Å²) in [5.74, 6) is -0.463. The van der Waals surface area contributed by atoms with Gasteiger partial charge in [0.1, 0.15) is 16.0 Å². The van der Waals surface area contributed by atoms with Crippen LogP contribution in [-0.2, 0) is 0 Å². The van der Waals surface area contributed by atoms with Gasteiger partial charge in [0.25, 0.3) is 5.56 Å². The Kier molecular flexibility index (Phi) is 3.93. The number of anilines is 1. The van der Waals surface area contributed by atoms with Crippen molar-refractivity contribution in [3.05, 3.63) is 62.3 Å². The summed E-state index contributed by atoms with van der Waals surface area (Å²) >= 11 is 1.18. The lowest BCUT2D eigenvalue weighted by molar-refractivity contribution is 0.632. The van der Waals surface area contributed by atoms with Crippen LogP contribution in [0.15, 0.2) is 39.9 Å². The van der Waals surface area contributed by atoms with Crippen LogP contribution in [0, 0.1) is 12.7 Å². The lowest BCUT2D eigenvalue weighted by Gasteiger charge is -2.20. The van der Waals surface area contributed by atoms with Crippen LogP contribution in [0.1, 0.15) is 24.4 Å². The number of halogens is 1. The van der Waals surface area contributed by atoms with E-state index in [1.807, 2.05) is 48.7 Å². The molecule has 5 nitrogen and oxygen atoms in total. The fraction of sp³-hybridized carbons (Fsp3) is 0.273. The highest BCUT2D eigenvalue weighted by molar-refractivity contribution is 7.12. The number of hydrogen-bond acceptors (Lipinski definition) is 4. The second-order valence-corrected chi connectivity index (χ2v) is 8.70. The van der Waals surface area contributed by atoms with Crippen LogP contribution >= 0.6 is 11.5 Å². The summed E-state index contributed by atoms with van der Waals surface area (Å²) in [5, 5.41) is 0.388. The van der Waals surface area contributed by atoms with Gasteiger partial charge in [0, 0.05) is 42.3 Å². The highest BCUT2D eigenvalue weighted by Gasteiger charge is 2.29. The van der Waals surface area contributed by atoms with Crippen LogP contribution in [0.3, 0.4) is 0 Å². The van der Waals surface area contributed by atoms with Crippen LogP contribution in [0.4, 0.5) is 10.1 Å².